The molecular weight excluding hydrogens is 368 g/mol. The SMILES string of the molecule is CCCC/C(C)=C/CC/C(C)=C/CC/C(C)=C/CC/C(C)=C/CCc1ccsc1. The molecule has 0 amide bonds. The molecule has 1 heterocycles. The molecule has 1 aromatic rings. The van der Waals surface area contributed by atoms with Crippen LogP contribution in [0.15, 0.2) is 63.4 Å². The lowest BCUT2D eigenvalue weighted by Gasteiger charge is -2.03. The van der Waals surface area contributed by atoms with Gasteiger partial charge in [0.2, 0.25) is 0 Å². The zero-order chi connectivity index (χ0) is 21.3. The van der Waals surface area contributed by atoms with Crippen molar-refractivity contribution < 1.29 is 0 Å². The first-order chi connectivity index (χ1) is 14.0. The van der Waals surface area contributed by atoms with Crippen molar-refractivity contribution >= 4 is 11.3 Å². The first-order valence-corrected chi connectivity index (χ1v) is 12.6. The zero-order valence-electron chi connectivity index (χ0n) is 19.7. The monoisotopic (exact) mass is 412 g/mol. The Morgan fingerprint density at radius 1 is 0.724 bits per heavy atom. The summed E-state index contributed by atoms with van der Waals surface area (Å²) in [7, 11) is 0. The van der Waals surface area contributed by atoms with E-state index in [4.69, 9.17) is 0 Å². The van der Waals surface area contributed by atoms with Gasteiger partial charge in [0.05, 0.1) is 0 Å². The minimum Gasteiger partial charge on any atom is -0.152 e. The number of allylic oxidation sites excluding steroid dienone is 8. The fourth-order valence-corrected chi connectivity index (χ4v) is 4.13. The Balaban J connectivity index is 2.18. The number of rotatable bonds is 15. The number of aryl methyl sites for hydroxylation is 1. The van der Waals surface area contributed by atoms with Crippen LogP contribution in [0.1, 0.15) is 104 Å². The maximum Gasteiger partial charge on any atom is -0.00611 e. The van der Waals surface area contributed by atoms with Gasteiger partial charge in [0.25, 0.3) is 0 Å². The molecule has 0 N–H and O–H groups in total. The summed E-state index contributed by atoms with van der Waals surface area (Å²) in [5.41, 5.74) is 7.65. The number of thiophene rings is 1. The molecule has 0 aliphatic rings. The van der Waals surface area contributed by atoms with E-state index in [9.17, 15) is 0 Å². The van der Waals surface area contributed by atoms with Crippen LogP contribution in [0.5, 0.6) is 0 Å². The van der Waals surface area contributed by atoms with Crippen molar-refractivity contribution in [1.82, 2.24) is 0 Å². The van der Waals surface area contributed by atoms with Crippen LogP contribution >= 0.6 is 11.3 Å². The highest BCUT2D eigenvalue weighted by Gasteiger charge is 1.95. The topological polar surface area (TPSA) is 0 Å². The van der Waals surface area contributed by atoms with Gasteiger partial charge in [0.15, 0.2) is 0 Å². The molecule has 0 saturated carbocycles. The fraction of sp³-hybridized carbons (Fsp3) is 0.571. The van der Waals surface area contributed by atoms with Crippen LogP contribution in [0.2, 0.25) is 0 Å². The standard InChI is InChI=1S/C28H44S/c1-6-7-12-24(2)13-8-14-25(3)15-9-16-26(4)17-10-18-27(5)19-11-20-28-21-22-29-23-28/h13,15,17,19,21-23H,6-12,14,16,18,20H2,1-5H3/b24-13+,25-15+,26-17+,27-19+. The molecule has 0 nitrogen and oxygen atoms in total. The molecule has 0 saturated heterocycles. The Kier molecular flexibility index (Phi) is 14.6. The van der Waals surface area contributed by atoms with Crippen molar-refractivity contribution in [2.45, 2.75) is 105 Å². The highest BCUT2D eigenvalue weighted by Crippen LogP contribution is 2.15. The van der Waals surface area contributed by atoms with Gasteiger partial charge in [0.1, 0.15) is 0 Å². The molecule has 1 heteroatoms. The maximum absolute atomic E-state index is 2.45. The van der Waals surface area contributed by atoms with E-state index in [1.165, 1.54) is 87.3 Å². The first kappa shape index (κ1) is 25.7. The average Bonchev–Trinajstić information content (AvgIpc) is 3.20. The average molecular weight is 413 g/mol. The molecule has 0 aliphatic carbocycles. The van der Waals surface area contributed by atoms with Crippen LogP contribution in [0, 0.1) is 0 Å². The third-order valence-electron chi connectivity index (χ3n) is 5.53. The Bertz CT molecular complexity index is 652. The zero-order valence-corrected chi connectivity index (χ0v) is 20.5. The molecule has 0 aromatic carbocycles. The molecule has 0 fully saturated rings. The van der Waals surface area contributed by atoms with E-state index in [0.717, 1.165) is 0 Å². The van der Waals surface area contributed by atoms with Crippen molar-refractivity contribution in [3.05, 3.63) is 69.0 Å². The summed E-state index contributed by atoms with van der Waals surface area (Å²) in [5.74, 6) is 0. The van der Waals surface area contributed by atoms with E-state index >= 15 is 0 Å². The summed E-state index contributed by atoms with van der Waals surface area (Å²) in [6.45, 7) is 11.4. The molecule has 0 spiro atoms. The Labute approximate surface area is 185 Å². The van der Waals surface area contributed by atoms with E-state index in [1.807, 2.05) is 0 Å². The van der Waals surface area contributed by atoms with Gasteiger partial charge in [-0.1, -0.05) is 59.9 Å². The predicted octanol–water partition coefficient (Wildman–Crippen LogP) is 10.00. The minimum atomic E-state index is 1.17. The van der Waals surface area contributed by atoms with Crippen LogP contribution < -0.4 is 0 Å². The van der Waals surface area contributed by atoms with Crippen LogP contribution in [-0.2, 0) is 6.42 Å². The summed E-state index contributed by atoms with van der Waals surface area (Å²) in [4.78, 5) is 0. The van der Waals surface area contributed by atoms with Gasteiger partial charge in [-0.15, -0.1) is 0 Å². The number of unbranched alkanes of at least 4 members (excludes halogenated alkanes) is 1. The normalized spacial score (nSPS) is 14.0. The highest BCUT2D eigenvalue weighted by molar-refractivity contribution is 7.07. The summed E-state index contributed by atoms with van der Waals surface area (Å²) >= 11 is 1.80. The minimum absolute atomic E-state index is 1.17. The van der Waals surface area contributed by atoms with Gasteiger partial charge >= 0.3 is 0 Å². The van der Waals surface area contributed by atoms with Crippen molar-refractivity contribution in [1.29, 1.82) is 0 Å². The molecule has 0 bridgehead atoms. The molecule has 0 aliphatic heterocycles. The van der Waals surface area contributed by atoms with Gasteiger partial charge < -0.3 is 0 Å². The van der Waals surface area contributed by atoms with Gasteiger partial charge in [0, 0.05) is 0 Å². The lowest BCUT2D eigenvalue weighted by atomic mass is 10.0. The van der Waals surface area contributed by atoms with Crippen molar-refractivity contribution in [2.75, 3.05) is 0 Å². The molecule has 0 unspecified atom stereocenters. The second-order valence-electron chi connectivity index (χ2n) is 8.59. The lowest BCUT2D eigenvalue weighted by molar-refractivity contribution is 0.781. The van der Waals surface area contributed by atoms with E-state index in [2.05, 4.69) is 75.7 Å². The van der Waals surface area contributed by atoms with Crippen LogP contribution in [0.25, 0.3) is 0 Å². The van der Waals surface area contributed by atoms with E-state index in [1.54, 1.807) is 22.5 Å². The number of hydrogen-bond acceptors (Lipinski definition) is 1. The summed E-state index contributed by atoms with van der Waals surface area (Å²) in [6.07, 6.45) is 23.1. The smallest absolute Gasteiger partial charge is 0.00611 e. The molecular formula is C28H44S. The predicted molar refractivity (Wildman–Crippen MR) is 135 cm³/mol. The summed E-state index contributed by atoms with van der Waals surface area (Å²) in [5, 5.41) is 4.43. The quantitative estimate of drug-likeness (QED) is 0.251. The molecule has 0 radical (unpaired) electrons. The summed E-state index contributed by atoms with van der Waals surface area (Å²) in [6, 6.07) is 2.24. The second kappa shape index (κ2) is 16.5. The molecule has 1 aromatic heterocycles. The third kappa shape index (κ3) is 14.3. The highest BCUT2D eigenvalue weighted by atomic mass is 32.1. The first-order valence-electron chi connectivity index (χ1n) is 11.6. The van der Waals surface area contributed by atoms with Gasteiger partial charge in [-0.25, -0.2) is 0 Å². The van der Waals surface area contributed by atoms with Crippen molar-refractivity contribution in [3.63, 3.8) is 0 Å². The Morgan fingerprint density at radius 2 is 1.21 bits per heavy atom. The van der Waals surface area contributed by atoms with Gasteiger partial charge in [-0.05, 0) is 114 Å². The Morgan fingerprint density at radius 3 is 1.66 bits per heavy atom. The molecule has 1 rings (SSSR count). The van der Waals surface area contributed by atoms with Crippen LogP contribution in [0.4, 0.5) is 0 Å². The maximum atomic E-state index is 2.45. The van der Waals surface area contributed by atoms with Gasteiger partial charge in [-0.2, -0.15) is 11.3 Å². The fourth-order valence-electron chi connectivity index (χ4n) is 3.42. The van der Waals surface area contributed by atoms with Crippen LogP contribution in [0.3, 0.4) is 0 Å². The largest absolute Gasteiger partial charge is 0.152 e. The second-order valence-corrected chi connectivity index (χ2v) is 9.37. The van der Waals surface area contributed by atoms with Crippen molar-refractivity contribution in [3.8, 4) is 0 Å². The van der Waals surface area contributed by atoms with Crippen LogP contribution in [-0.4, -0.2) is 0 Å². The third-order valence-corrected chi connectivity index (χ3v) is 6.26. The molecule has 162 valence electrons. The van der Waals surface area contributed by atoms with E-state index < -0.39 is 0 Å². The summed E-state index contributed by atoms with van der Waals surface area (Å²) < 4.78 is 0. The van der Waals surface area contributed by atoms with E-state index in [0.29, 0.717) is 0 Å². The molecule has 29 heavy (non-hydrogen) atoms. The Hall–Kier alpha value is -1.34. The van der Waals surface area contributed by atoms with Crippen molar-refractivity contribution in [2.24, 2.45) is 0 Å². The van der Waals surface area contributed by atoms with Gasteiger partial charge in [-0.3, -0.25) is 0 Å². The molecule has 0 atom stereocenters. The lowest BCUT2D eigenvalue weighted by Crippen LogP contribution is -1.84. The van der Waals surface area contributed by atoms with E-state index in [-0.39, 0.29) is 0 Å². The number of hydrogen-bond donors (Lipinski definition) is 0.